The number of halogens is 2. The maximum Gasteiger partial charge on any atom is 0.141 e. The normalized spacial score (nSPS) is 18.7. The molecule has 0 saturated heterocycles. The van der Waals surface area contributed by atoms with Crippen molar-refractivity contribution >= 4 is 11.6 Å². The van der Waals surface area contributed by atoms with Gasteiger partial charge < -0.3 is 10.8 Å². The highest BCUT2D eigenvalue weighted by Crippen LogP contribution is 2.41. The van der Waals surface area contributed by atoms with E-state index in [0.29, 0.717) is 18.9 Å². The van der Waals surface area contributed by atoms with Crippen LogP contribution in [0.3, 0.4) is 0 Å². The van der Waals surface area contributed by atoms with Crippen LogP contribution in [0.4, 0.5) is 4.39 Å². The molecule has 4 heteroatoms. The average molecular weight is 272 g/mol. The van der Waals surface area contributed by atoms with Crippen molar-refractivity contribution in [2.75, 3.05) is 13.2 Å². The number of benzene rings is 1. The van der Waals surface area contributed by atoms with E-state index in [1.165, 1.54) is 18.9 Å². The lowest BCUT2D eigenvalue weighted by Gasteiger charge is -2.31. The van der Waals surface area contributed by atoms with Crippen molar-refractivity contribution in [1.29, 1.82) is 0 Å². The van der Waals surface area contributed by atoms with E-state index in [1.54, 1.807) is 12.1 Å². The maximum absolute atomic E-state index is 13.1. The van der Waals surface area contributed by atoms with E-state index in [4.69, 9.17) is 17.3 Å². The molecule has 0 radical (unpaired) electrons. The van der Waals surface area contributed by atoms with Gasteiger partial charge in [-0.2, -0.15) is 0 Å². The maximum atomic E-state index is 13.1. The summed E-state index contributed by atoms with van der Waals surface area (Å²) in [6, 6.07) is 4.71. The lowest BCUT2D eigenvalue weighted by Crippen LogP contribution is -2.37. The Labute approximate surface area is 112 Å². The van der Waals surface area contributed by atoms with Crippen LogP contribution in [-0.4, -0.2) is 18.3 Å². The number of nitrogens with two attached hydrogens (primary N) is 1. The van der Waals surface area contributed by atoms with Crippen LogP contribution in [0.2, 0.25) is 5.02 Å². The molecule has 0 heterocycles. The summed E-state index contributed by atoms with van der Waals surface area (Å²) in [7, 11) is 0. The molecule has 1 saturated carbocycles. The molecule has 1 aliphatic rings. The Kier molecular flexibility index (Phi) is 4.25. The van der Waals surface area contributed by atoms with E-state index in [9.17, 15) is 9.50 Å². The Hall–Kier alpha value is -0.640. The van der Waals surface area contributed by atoms with Gasteiger partial charge in [0.2, 0.25) is 0 Å². The van der Waals surface area contributed by atoms with Crippen molar-refractivity contribution in [2.45, 2.75) is 25.7 Å². The van der Waals surface area contributed by atoms with Crippen LogP contribution in [0.25, 0.3) is 0 Å². The van der Waals surface area contributed by atoms with Crippen molar-refractivity contribution in [1.82, 2.24) is 0 Å². The van der Waals surface area contributed by atoms with E-state index in [-0.39, 0.29) is 17.0 Å². The highest BCUT2D eigenvalue weighted by Gasteiger charge is 2.35. The number of hydrogen-bond acceptors (Lipinski definition) is 2. The highest BCUT2D eigenvalue weighted by molar-refractivity contribution is 6.30. The molecule has 1 atom stereocenters. The molecule has 1 aromatic carbocycles. The highest BCUT2D eigenvalue weighted by atomic mass is 35.5. The minimum atomic E-state index is -0.412. The molecule has 0 spiro atoms. The van der Waals surface area contributed by atoms with Crippen LogP contribution in [0.15, 0.2) is 18.2 Å². The monoisotopic (exact) mass is 271 g/mol. The fourth-order valence-corrected chi connectivity index (χ4v) is 2.63. The van der Waals surface area contributed by atoms with Gasteiger partial charge in [-0.15, -0.1) is 0 Å². The van der Waals surface area contributed by atoms with Crippen LogP contribution in [0.1, 0.15) is 24.8 Å². The van der Waals surface area contributed by atoms with Gasteiger partial charge in [0.15, 0.2) is 0 Å². The zero-order valence-corrected chi connectivity index (χ0v) is 11.1. The number of aliphatic hydroxyl groups is 1. The molecular weight excluding hydrogens is 253 g/mol. The van der Waals surface area contributed by atoms with Crippen LogP contribution >= 0.6 is 11.6 Å². The molecule has 1 fully saturated rings. The Morgan fingerprint density at radius 3 is 2.67 bits per heavy atom. The van der Waals surface area contributed by atoms with Crippen molar-refractivity contribution in [3.05, 3.63) is 34.6 Å². The summed E-state index contributed by atoms with van der Waals surface area (Å²) >= 11 is 5.78. The van der Waals surface area contributed by atoms with E-state index in [2.05, 4.69) is 0 Å². The van der Waals surface area contributed by atoms with Gasteiger partial charge in [-0.3, -0.25) is 0 Å². The largest absolute Gasteiger partial charge is 0.396 e. The number of rotatable bonds is 6. The van der Waals surface area contributed by atoms with E-state index in [0.717, 1.165) is 12.0 Å². The molecule has 1 aromatic rings. The predicted octanol–water partition coefficient (Wildman–Crippen LogP) is 2.76. The van der Waals surface area contributed by atoms with Crippen molar-refractivity contribution < 1.29 is 9.50 Å². The molecule has 2 nitrogen and oxygen atoms in total. The third-order valence-corrected chi connectivity index (χ3v) is 4.04. The van der Waals surface area contributed by atoms with Crippen molar-refractivity contribution in [2.24, 2.45) is 17.1 Å². The molecular formula is C14H19ClFNO. The second kappa shape index (κ2) is 5.55. The molecule has 0 aliphatic heterocycles. The Morgan fingerprint density at radius 1 is 1.44 bits per heavy atom. The van der Waals surface area contributed by atoms with E-state index >= 15 is 0 Å². The number of hydrogen-bond donors (Lipinski definition) is 2. The molecule has 100 valence electrons. The van der Waals surface area contributed by atoms with Crippen LogP contribution in [0, 0.1) is 17.2 Å². The zero-order chi connectivity index (χ0) is 13.2. The lowest BCUT2D eigenvalue weighted by atomic mass is 9.78. The number of aliphatic hydroxyl groups excluding tert-OH is 1. The van der Waals surface area contributed by atoms with Crippen LogP contribution in [-0.2, 0) is 6.42 Å². The molecule has 3 N–H and O–H groups in total. The first-order valence-corrected chi connectivity index (χ1v) is 6.71. The molecule has 1 aliphatic carbocycles. The van der Waals surface area contributed by atoms with Gasteiger partial charge in [-0.1, -0.05) is 30.5 Å². The van der Waals surface area contributed by atoms with E-state index < -0.39 is 5.82 Å². The summed E-state index contributed by atoms with van der Waals surface area (Å²) in [5, 5.41) is 9.78. The quantitative estimate of drug-likeness (QED) is 0.836. The van der Waals surface area contributed by atoms with Gasteiger partial charge >= 0.3 is 0 Å². The predicted molar refractivity (Wildman–Crippen MR) is 71.0 cm³/mol. The van der Waals surface area contributed by atoms with Gasteiger partial charge in [0, 0.05) is 12.0 Å². The summed E-state index contributed by atoms with van der Waals surface area (Å²) < 4.78 is 13.1. The van der Waals surface area contributed by atoms with E-state index in [1.807, 2.05) is 0 Å². The first kappa shape index (κ1) is 13.8. The molecule has 2 rings (SSSR count). The van der Waals surface area contributed by atoms with Crippen LogP contribution < -0.4 is 5.73 Å². The van der Waals surface area contributed by atoms with Crippen molar-refractivity contribution in [3.8, 4) is 0 Å². The van der Waals surface area contributed by atoms with Gasteiger partial charge in [-0.25, -0.2) is 4.39 Å². The van der Waals surface area contributed by atoms with Gasteiger partial charge in [0.1, 0.15) is 5.82 Å². The Bertz CT molecular complexity index is 416. The summed E-state index contributed by atoms with van der Waals surface area (Å²) in [6.07, 6.45) is 4.04. The fraction of sp³-hybridized carbons (Fsp3) is 0.571. The van der Waals surface area contributed by atoms with Gasteiger partial charge in [0.05, 0.1) is 11.6 Å². The van der Waals surface area contributed by atoms with Crippen molar-refractivity contribution in [3.63, 3.8) is 0 Å². The molecule has 0 amide bonds. The zero-order valence-electron chi connectivity index (χ0n) is 10.3. The molecule has 0 bridgehead atoms. The summed E-state index contributed by atoms with van der Waals surface area (Å²) in [4.78, 5) is 0. The second-order valence-corrected chi connectivity index (χ2v) is 5.84. The van der Waals surface area contributed by atoms with Gasteiger partial charge in [0.25, 0.3) is 0 Å². The Balaban J connectivity index is 2.13. The fourth-order valence-electron chi connectivity index (χ4n) is 2.43. The third-order valence-electron chi connectivity index (χ3n) is 3.75. The van der Waals surface area contributed by atoms with Gasteiger partial charge in [-0.05, 0) is 36.5 Å². The summed E-state index contributed by atoms with van der Waals surface area (Å²) in [5.41, 5.74) is 6.49. The smallest absolute Gasteiger partial charge is 0.141 e. The molecule has 0 aromatic heterocycles. The standard InChI is InChI=1S/C14H19ClFNO/c15-12-5-11(3-4-13(12)16)7-14(8-17,9-18)6-10-1-2-10/h3-5,10,18H,1-2,6-9,17H2. The Morgan fingerprint density at radius 2 is 2.17 bits per heavy atom. The SMILES string of the molecule is NCC(CO)(Cc1ccc(F)c(Cl)c1)CC1CC1. The lowest BCUT2D eigenvalue weighted by molar-refractivity contribution is 0.115. The second-order valence-electron chi connectivity index (χ2n) is 5.43. The topological polar surface area (TPSA) is 46.2 Å². The molecule has 1 unspecified atom stereocenters. The molecule has 18 heavy (non-hydrogen) atoms. The minimum Gasteiger partial charge on any atom is -0.396 e. The van der Waals surface area contributed by atoms with Crippen LogP contribution in [0.5, 0.6) is 0 Å². The first-order valence-electron chi connectivity index (χ1n) is 6.33. The summed E-state index contributed by atoms with van der Waals surface area (Å²) in [5.74, 6) is 0.279. The summed E-state index contributed by atoms with van der Waals surface area (Å²) in [6.45, 7) is 0.504. The average Bonchev–Trinajstić information content (AvgIpc) is 3.17. The first-order chi connectivity index (χ1) is 8.58. The minimum absolute atomic E-state index is 0.0645. The third kappa shape index (κ3) is 3.22.